The predicted octanol–water partition coefficient (Wildman–Crippen LogP) is 2.73. The monoisotopic (exact) mass is 252 g/mol. The zero-order valence-electron chi connectivity index (χ0n) is 11.8. The molecule has 1 aliphatic carbocycles. The molecule has 2 N–H and O–H groups in total. The molecular weight excluding hydrogens is 228 g/mol. The average Bonchev–Trinajstić information content (AvgIpc) is 2.79. The zero-order chi connectivity index (χ0) is 13.2. The second-order valence-electron chi connectivity index (χ2n) is 5.89. The van der Waals surface area contributed by atoms with Gasteiger partial charge in [0.25, 0.3) is 0 Å². The Kier molecular flexibility index (Phi) is 3.90. The fraction of sp³-hybridized carbons (Fsp3) is 0.846. The SMILES string of the molecule is CNC(C)c1nnc(NC2CCCCC2(C)C)o1. The Labute approximate surface area is 109 Å². The molecule has 2 unspecified atom stereocenters. The first-order valence-electron chi connectivity index (χ1n) is 6.80. The van der Waals surface area contributed by atoms with Crippen LogP contribution in [-0.2, 0) is 0 Å². The van der Waals surface area contributed by atoms with Gasteiger partial charge in [0.15, 0.2) is 0 Å². The standard InChI is InChI=1S/C13H24N4O/c1-9(14-4)11-16-17-12(18-11)15-10-7-5-6-8-13(10,2)3/h9-10,14H,5-8H2,1-4H3,(H,15,17). The number of anilines is 1. The maximum atomic E-state index is 5.64. The van der Waals surface area contributed by atoms with E-state index in [0.29, 0.717) is 23.4 Å². The first-order chi connectivity index (χ1) is 8.53. The summed E-state index contributed by atoms with van der Waals surface area (Å²) in [6.45, 7) is 6.61. The van der Waals surface area contributed by atoms with Crippen molar-refractivity contribution in [2.75, 3.05) is 12.4 Å². The van der Waals surface area contributed by atoms with Crippen LogP contribution < -0.4 is 10.6 Å². The van der Waals surface area contributed by atoms with Crippen LogP contribution in [0.1, 0.15) is 58.4 Å². The second-order valence-corrected chi connectivity index (χ2v) is 5.89. The predicted molar refractivity (Wildman–Crippen MR) is 71.4 cm³/mol. The molecule has 5 nitrogen and oxygen atoms in total. The molecule has 0 aliphatic heterocycles. The Balaban J connectivity index is 2.02. The molecule has 1 heterocycles. The van der Waals surface area contributed by atoms with Crippen molar-refractivity contribution >= 4 is 6.01 Å². The van der Waals surface area contributed by atoms with Gasteiger partial charge in [0.2, 0.25) is 5.89 Å². The average molecular weight is 252 g/mol. The van der Waals surface area contributed by atoms with Crippen molar-refractivity contribution in [3.63, 3.8) is 0 Å². The molecular formula is C13H24N4O. The Morgan fingerprint density at radius 3 is 2.78 bits per heavy atom. The third kappa shape index (κ3) is 2.83. The van der Waals surface area contributed by atoms with Gasteiger partial charge in [0, 0.05) is 6.04 Å². The third-order valence-electron chi connectivity index (χ3n) is 4.05. The Morgan fingerprint density at radius 1 is 1.33 bits per heavy atom. The van der Waals surface area contributed by atoms with Crippen LogP contribution in [0.2, 0.25) is 0 Å². The van der Waals surface area contributed by atoms with E-state index < -0.39 is 0 Å². The lowest BCUT2D eigenvalue weighted by Gasteiger charge is -2.38. The number of aromatic nitrogens is 2. The molecule has 0 amide bonds. The van der Waals surface area contributed by atoms with Gasteiger partial charge in [-0.05, 0) is 32.2 Å². The molecule has 0 spiro atoms. The number of nitrogens with zero attached hydrogens (tertiary/aromatic N) is 2. The number of hydrogen-bond acceptors (Lipinski definition) is 5. The van der Waals surface area contributed by atoms with Crippen molar-refractivity contribution in [3.8, 4) is 0 Å². The molecule has 1 aromatic heterocycles. The summed E-state index contributed by atoms with van der Waals surface area (Å²) in [6.07, 6.45) is 5.01. The topological polar surface area (TPSA) is 63.0 Å². The van der Waals surface area contributed by atoms with Gasteiger partial charge in [-0.3, -0.25) is 0 Å². The first kappa shape index (κ1) is 13.3. The summed E-state index contributed by atoms with van der Waals surface area (Å²) in [5.74, 6) is 0.633. The molecule has 0 radical (unpaired) electrons. The lowest BCUT2D eigenvalue weighted by molar-refractivity contribution is 0.213. The molecule has 1 aliphatic rings. The summed E-state index contributed by atoms with van der Waals surface area (Å²) < 4.78 is 5.64. The van der Waals surface area contributed by atoms with E-state index in [9.17, 15) is 0 Å². The van der Waals surface area contributed by atoms with Gasteiger partial charge < -0.3 is 15.1 Å². The lowest BCUT2D eigenvalue weighted by Crippen LogP contribution is -2.39. The number of rotatable bonds is 4. The van der Waals surface area contributed by atoms with Crippen molar-refractivity contribution in [2.45, 2.75) is 58.5 Å². The van der Waals surface area contributed by atoms with Crippen LogP contribution in [0.4, 0.5) is 6.01 Å². The maximum Gasteiger partial charge on any atom is 0.315 e. The minimum Gasteiger partial charge on any atom is -0.406 e. The fourth-order valence-electron chi connectivity index (χ4n) is 2.50. The highest BCUT2D eigenvalue weighted by molar-refractivity contribution is 5.22. The molecule has 102 valence electrons. The van der Waals surface area contributed by atoms with Crippen molar-refractivity contribution in [1.29, 1.82) is 0 Å². The largest absolute Gasteiger partial charge is 0.406 e. The van der Waals surface area contributed by atoms with Crippen LogP contribution >= 0.6 is 0 Å². The van der Waals surface area contributed by atoms with E-state index >= 15 is 0 Å². The smallest absolute Gasteiger partial charge is 0.315 e. The van der Waals surface area contributed by atoms with Crippen molar-refractivity contribution < 1.29 is 4.42 Å². The first-order valence-corrected chi connectivity index (χ1v) is 6.80. The van der Waals surface area contributed by atoms with Crippen LogP contribution in [0.15, 0.2) is 4.42 Å². The van der Waals surface area contributed by atoms with Gasteiger partial charge in [-0.15, -0.1) is 5.10 Å². The molecule has 0 bridgehead atoms. The molecule has 1 fully saturated rings. The molecule has 2 atom stereocenters. The summed E-state index contributed by atoms with van der Waals surface area (Å²) in [5.41, 5.74) is 0.293. The number of hydrogen-bond donors (Lipinski definition) is 2. The molecule has 1 aromatic rings. The van der Waals surface area contributed by atoms with Crippen LogP contribution in [0.5, 0.6) is 0 Å². The van der Waals surface area contributed by atoms with E-state index in [1.165, 1.54) is 25.7 Å². The van der Waals surface area contributed by atoms with Crippen molar-refractivity contribution in [3.05, 3.63) is 5.89 Å². The normalized spacial score (nSPS) is 24.8. The minimum absolute atomic E-state index is 0.0902. The highest BCUT2D eigenvalue weighted by Crippen LogP contribution is 2.37. The summed E-state index contributed by atoms with van der Waals surface area (Å²) in [4.78, 5) is 0. The van der Waals surface area contributed by atoms with Gasteiger partial charge in [0.1, 0.15) is 0 Å². The summed E-state index contributed by atoms with van der Waals surface area (Å²) in [6, 6.07) is 1.06. The van der Waals surface area contributed by atoms with E-state index in [4.69, 9.17) is 4.42 Å². The van der Waals surface area contributed by atoms with E-state index in [-0.39, 0.29) is 6.04 Å². The van der Waals surface area contributed by atoms with Crippen LogP contribution in [0, 0.1) is 5.41 Å². The second kappa shape index (κ2) is 5.26. The van der Waals surface area contributed by atoms with Gasteiger partial charge in [-0.25, -0.2) is 0 Å². The summed E-state index contributed by atoms with van der Waals surface area (Å²) in [7, 11) is 1.88. The Morgan fingerprint density at radius 2 is 2.11 bits per heavy atom. The third-order valence-corrected chi connectivity index (χ3v) is 4.05. The van der Waals surface area contributed by atoms with Gasteiger partial charge in [-0.1, -0.05) is 31.8 Å². The molecule has 5 heteroatoms. The fourth-order valence-corrected chi connectivity index (χ4v) is 2.50. The van der Waals surface area contributed by atoms with Crippen molar-refractivity contribution in [1.82, 2.24) is 15.5 Å². The highest BCUT2D eigenvalue weighted by Gasteiger charge is 2.33. The van der Waals surface area contributed by atoms with Gasteiger partial charge in [-0.2, -0.15) is 0 Å². The molecule has 18 heavy (non-hydrogen) atoms. The maximum absolute atomic E-state index is 5.64. The lowest BCUT2D eigenvalue weighted by atomic mass is 9.73. The number of nitrogens with one attached hydrogen (secondary N) is 2. The van der Waals surface area contributed by atoms with Crippen molar-refractivity contribution in [2.24, 2.45) is 5.41 Å². The van der Waals surface area contributed by atoms with E-state index in [1.807, 2.05) is 14.0 Å². The molecule has 0 aromatic carbocycles. The summed E-state index contributed by atoms with van der Waals surface area (Å²) in [5, 5.41) is 14.6. The van der Waals surface area contributed by atoms with Gasteiger partial charge in [0.05, 0.1) is 6.04 Å². The molecule has 1 saturated carbocycles. The Hall–Kier alpha value is -1.10. The van der Waals surface area contributed by atoms with E-state index in [1.54, 1.807) is 0 Å². The molecule has 0 saturated heterocycles. The minimum atomic E-state index is 0.0902. The Bertz CT molecular complexity index is 388. The van der Waals surface area contributed by atoms with E-state index in [0.717, 1.165) is 0 Å². The van der Waals surface area contributed by atoms with Crippen LogP contribution in [-0.4, -0.2) is 23.3 Å². The zero-order valence-corrected chi connectivity index (χ0v) is 11.8. The van der Waals surface area contributed by atoms with E-state index in [2.05, 4.69) is 34.7 Å². The van der Waals surface area contributed by atoms with Crippen LogP contribution in [0.3, 0.4) is 0 Å². The quantitative estimate of drug-likeness (QED) is 0.862. The highest BCUT2D eigenvalue weighted by atomic mass is 16.4. The molecule has 2 rings (SSSR count). The summed E-state index contributed by atoms with van der Waals surface area (Å²) >= 11 is 0. The van der Waals surface area contributed by atoms with Crippen LogP contribution in [0.25, 0.3) is 0 Å². The van der Waals surface area contributed by atoms with Gasteiger partial charge >= 0.3 is 6.01 Å².